The van der Waals surface area contributed by atoms with Gasteiger partial charge in [0.25, 0.3) is 0 Å². The van der Waals surface area contributed by atoms with Crippen molar-refractivity contribution in [1.82, 2.24) is 0 Å². The second kappa shape index (κ2) is 6.03. The Hall–Kier alpha value is -1.24. The fourth-order valence-electron chi connectivity index (χ4n) is 1.85. The van der Waals surface area contributed by atoms with Gasteiger partial charge in [-0.2, -0.15) is 0 Å². The van der Waals surface area contributed by atoms with Crippen LogP contribution in [-0.2, 0) is 10.8 Å². The molecule has 0 unspecified atom stereocenters. The van der Waals surface area contributed by atoms with Crippen LogP contribution in [0.3, 0.4) is 0 Å². The zero-order valence-electron chi connectivity index (χ0n) is 14.4. The van der Waals surface area contributed by atoms with Crippen LogP contribution in [0.25, 0.3) is 0 Å². The van der Waals surface area contributed by atoms with Gasteiger partial charge in [0.05, 0.1) is 0 Å². The maximum atomic E-state index is 5.91. The van der Waals surface area contributed by atoms with E-state index < -0.39 is 0 Å². The lowest BCUT2D eigenvalue weighted by molar-refractivity contribution is 0.359. The van der Waals surface area contributed by atoms with Crippen molar-refractivity contribution in [3.8, 4) is 5.75 Å². The number of benzene rings is 1. The number of ether oxygens (including phenoxy) is 1. The Bertz CT molecular complexity index is 445. The molecule has 0 amide bonds. The van der Waals surface area contributed by atoms with Crippen LogP contribution in [0.5, 0.6) is 5.75 Å². The maximum absolute atomic E-state index is 5.91. The van der Waals surface area contributed by atoms with Gasteiger partial charge in [0, 0.05) is 0 Å². The summed E-state index contributed by atoms with van der Waals surface area (Å²) in [7, 11) is 0. The van der Waals surface area contributed by atoms with Crippen molar-refractivity contribution in [3.05, 3.63) is 41.0 Å². The van der Waals surface area contributed by atoms with Gasteiger partial charge in [0.15, 0.2) is 0 Å². The van der Waals surface area contributed by atoms with Gasteiger partial charge in [-0.05, 0) is 54.0 Å². The lowest BCUT2D eigenvalue weighted by Gasteiger charge is -2.26. The summed E-state index contributed by atoms with van der Waals surface area (Å²) < 4.78 is 5.91. The average molecular weight is 274 g/mol. The molecular weight excluding hydrogens is 244 g/mol. The van der Waals surface area contributed by atoms with Crippen molar-refractivity contribution in [1.29, 1.82) is 0 Å². The zero-order valence-corrected chi connectivity index (χ0v) is 14.4. The van der Waals surface area contributed by atoms with E-state index in [4.69, 9.17) is 4.74 Å². The van der Waals surface area contributed by atoms with Crippen molar-refractivity contribution >= 4 is 0 Å². The van der Waals surface area contributed by atoms with Crippen LogP contribution in [0, 0.1) is 0 Å². The molecule has 0 aliphatic carbocycles. The first-order valence-electron chi connectivity index (χ1n) is 7.42. The molecule has 0 fully saturated rings. The number of allylic oxidation sites excluding steroid dienone is 1. The summed E-state index contributed by atoms with van der Waals surface area (Å²) in [4.78, 5) is 0. The first-order chi connectivity index (χ1) is 9.00. The molecule has 0 radical (unpaired) electrons. The molecule has 0 aliphatic heterocycles. The Kier molecular flexibility index (Phi) is 5.07. The SMILES string of the molecule is CC(C)=CCOc1cc(C(C)(C)C)cc(C(C)(C)C)c1. The van der Waals surface area contributed by atoms with Crippen LogP contribution in [0.1, 0.15) is 66.5 Å². The van der Waals surface area contributed by atoms with Crippen molar-refractivity contribution in [3.63, 3.8) is 0 Å². The minimum atomic E-state index is 0.135. The zero-order chi connectivity index (χ0) is 15.6. The number of hydrogen-bond donors (Lipinski definition) is 0. The van der Waals surface area contributed by atoms with Crippen LogP contribution in [0.4, 0.5) is 0 Å². The highest BCUT2D eigenvalue weighted by atomic mass is 16.5. The lowest BCUT2D eigenvalue weighted by atomic mass is 9.80. The summed E-state index contributed by atoms with van der Waals surface area (Å²) in [6, 6.07) is 6.66. The van der Waals surface area contributed by atoms with Crippen LogP contribution in [-0.4, -0.2) is 6.61 Å². The van der Waals surface area contributed by atoms with Gasteiger partial charge in [0.1, 0.15) is 12.4 Å². The van der Waals surface area contributed by atoms with Crippen molar-refractivity contribution < 1.29 is 4.74 Å². The minimum Gasteiger partial charge on any atom is -0.490 e. The molecule has 1 aromatic carbocycles. The van der Waals surface area contributed by atoms with Gasteiger partial charge in [-0.1, -0.05) is 53.2 Å². The highest BCUT2D eigenvalue weighted by molar-refractivity contribution is 5.40. The second-order valence-corrected chi connectivity index (χ2v) is 7.84. The third-order valence-electron chi connectivity index (χ3n) is 3.38. The van der Waals surface area contributed by atoms with E-state index in [1.807, 2.05) is 0 Å². The summed E-state index contributed by atoms with van der Waals surface area (Å²) in [6.45, 7) is 18.3. The Labute approximate surface area is 125 Å². The normalized spacial score (nSPS) is 12.2. The van der Waals surface area contributed by atoms with Crippen LogP contribution >= 0.6 is 0 Å². The predicted molar refractivity (Wildman–Crippen MR) is 88.8 cm³/mol. The summed E-state index contributed by atoms with van der Waals surface area (Å²) in [5.74, 6) is 0.972. The second-order valence-electron chi connectivity index (χ2n) is 7.84. The summed E-state index contributed by atoms with van der Waals surface area (Å²) in [6.07, 6.45) is 2.11. The van der Waals surface area contributed by atoms with E-state index in [-0.39, 0.29) is 10.8 Å². The highest BCUT2D eigenvalue weighted by Gasteiger charge is 2.20. The smallest absolute Gasteiger partial charge is 0.120 e. The van der Waals surface area contributed by atoms with Crippen LogP contribution in [0.2, 0.25) is 0 Å². The summed E-state index contributed by atoms with van der Waals surface area (Å²) in [5.41, 5.74) is 4.22. The van der Waals surface area contributed by atoms with Crippen molar-refractivity contribution in [2.45, 2.75) is 66.2 Å². The van der Waals surface area contributed by atoms with E-state index in [2.05, 4.69) is 79.7 Å². The molecule has 1 aromatic rings. The lowest BCUT2D eigenvalue weighted by Crippen LogP contribution is -2.16. The van der Waals surface area contributed by atoms with Gasteiger partial charge in [0.2, 0.25) is 0 Å². The Morgan fingerprint density at radius 2 is 1.35 bits per heavy atom. The van der Waals surface area contributed by atoms with E-state index in [9.17, 15) is 0 Å². The number of hydrogen-bond acceptors (Lipinski definition) is 1. The van der Waals surface area contributed by atoms with E-state index in [1.54, 1.807) is 0 Å². The van der Waals surface area contributed by atoms with Crippen molar-refractivity contribution in [2.24, 2.45) is 0 Å². The third-order valence-corrected chi connectivity index (χ3v) is 3.38. The third kappa shape index (κ3) is 5.03. The molecule has 0 spiro atoms. The average Bonchev–Trinajstić information content (AvgIpc) is 2.25. The summed E-state index contributed by atoms with van der Waals surface area (Å²) in [5, 5.41) is 0. The quantitative estimate of drug-likeness (QED) is 0.649. The van der Waals surface area contributed by atoms with E-state index >= 15 is 0 Å². The highest BCUT2D eigenvalue weighted by Crippen LogP contribution is 2.32. The molecule has 0 aromatic heterocycles. The fourth-order valence-corrected chi connectivity index (χ4v) is 1.85. The molecular formula is C19H30O. The summed E-state index contributed by atoms with van der Waals surface area (Å²) >= 11 is 0. The molecule has 0 bridgehead atoms. The molecule has 0 saturated heterocycles. The standard InChI is InChI=1S/C19H30O/c1-14(2)9-10-20-17-12-15(18(3,4)5)11-16(13-17)19(6,7)8/h9,11-13H,10H2,1-8H3. The Balaban J connectivity index is 3.14. The molecule has 20 heavy (non-hydrogen) atoms. The Morgan fingerprint density at radius 1 is 0.900 bits per heavy atom. The van der Waals surface area contributed by atoms with Crippen LogP contribution < -0.4 is 4.74 Å². The Morgan fingerprint density at radius 3 is 1.70 bits per heavy atom. The van der Waals surface area contributed by atoms with Gasteiger partial charge in [-0.3, -0.25) is 0 Å². The largest absolute Gasteiger partial charge is 0.490 e. The van der Waals surface area contributed by atoms with Gasteiger partial charge in [-0.25, -0.2) is 0 Å². The molecule has 0 atom stereocenters. The molecule has 1 rings (SSSR count). The van der Waals surface area contributed by atoms with E-state index in [0.717, 1.165) is 5.75 Å². The minimum absolute atomic E-state index is 0.135. The fraction of sp³-hybridized carbons (Fsp3) is 0.579. The van der Waals surface area contributed by atoms with Crippen LogP contribution in [0.15, 0.2) is 29.8 Å². The first-order valence-corrected chi connectivity index (χ1v) is 7.42. The molecule has 0 saturated carbocycles. The molecule has 1 heteroatoms. The van der Waals surface area contributed by atoms with E-state index in [1.165, 1.54) is 16.7 Å². The van der Waals surface area contributed by atoms with Crippen molar-refractivity contribution in [2.75, 3.05) is 6.61 Å². The van der Waals surface area contributed by atoms with E-state index in [0.29, 0.717) is 6.61 Å². The molecule has 0 N–H and O–H groups in total. The van der Waals surface area contributed by atoms with Gasteiger partial charge in [-0.15, -0.1) is 0 Å². The predicted octanol–water partition coefficient (Wildman–Crippen LogP) is 5.63. The molecule has 0 aliphatic rings. The van der Waals surface area contributed by atoms with Gasteiger partial charge >= 0.3 is 0 Å². The van der Waals surface area contributed by atoms with Gasteiger partial charge < -0.3 is 4.74 Å². The molecule has 0 heterocycles. The number of rotatable bonds is 3. The maximum Gasteiger partial charge on any atom is 0.120 e. The molecule has 1 nitrogen and oxygen atoms in total. The topological polar surface area (TPSA) is 9.23 Å². The first kappa shape index (κ1) is 16.8. The molecule has 112 valence electrons. The monoisotopic (exact) mass is 274 g/mol.